The summed E-state index contributed by atoms with van der Waals surface area (Å²) in [4.78, 5) is 24.8. The Hall–Kier alpha value is -2.96. The van der Waals surface area contributed by atoms with Crippen LogP contribution in [0.15, 0.2) is 36.7 Å². The molecule has 0 aromatic carbocycles. The Morgan fingerprint density at radius 3 is 3.04 bits per heavy atom. The lowest BCUT2D eigenvalue weighted by atomic mass is 10.1. The van der Waals surface area contributed by atoms with Gasteiger partial charge >= 0.3 is 0 Å². The number of nitrogens with zero attached hydrogens (tertiary/aromatic N) is 5. The van der Waals surface area contributed by atoms with Crippen LogP contribution in [0.4, 0.5) is 5.82 Å². The van der Waals surface area contributed by atoms with Crippen LogP contribution in [-0.2, 0) is 6.42 Å². The van der Waals surface area contributed by atoms with E-state index in [9.17, 15) is 4.79 Å². The summed E-state index contributed by atoms with van der Waals surface area (Å²) in [7, 11) is 0. The Bertz CT molecular complexity index is 1010. The van der Waals surface area contributed by atoms with Crippen LogP contribution in [0.1, 0.15) is 54.0 Å². The first-order valence-electron chi connectivity index (χ1n) is 9.57. The van der Waals surface area contributed by atoms with Crippen LogP contribution in [0.5, 0.6) is 0 Å². The molecule has 4 bridgehead atoms. The van der Waals surface area contributed by atoms with Gasteiger partial charge < -0.3 is 10.2 Å². The lowest BCUT2D eigenvalue weighted by Crippen LogP contribution is -2.33. The van der Waals surface area contributed by atoms with E-state index in [1.54, 1.807) is 10.7 Å². The zero-order valence-corrected chi connectivity index (χ0v) is 15.3. The summed E-state index contributed by atoms with van der Waals surface area (Å²) in [6.07, 6.45) is 7.33. The molecule has 138 valence electrons. The topological polar surface area (TPSA) is 75.4 Å². The highest BCUT2D eigenvalue weighted by Gasteiger charge is 2.29. The lowest BCUT2D eigenvalue weighted by molar-refractivity contribution is 0.0940. The van der Waals surface area contributed by atoms with Gasteiger partial charge in [-0.3, -0.25) is 9.78 Å². The van der Waals surface area contributed by atoms with Gasteiger partial charge in [0.05, 0.1) is 17.9 Å². The summed E-state index contributed by atoms with van der Waals surface area (Å²) < 4.78 is 1.67. The standard InChI is InChI=1S/C20H22N6O/c1-13-7-8-14-4-2-5-16(23-14)17-6-3-10-25(17)18-9-11-26-19(24-18)15(12-21-26)20(27)22-13/h2,4-5,9,11-13,17H,3,6-8,10H2,1H3,(H,22,27)/t13-,17?/m1/s1. The first-order chi connectivity index (χ1) is 13.2. The molecule has 1 N–H and O–H groups in total. The molecule has 5 heterocycles. The van der Waals surface area contributed by atoms with Crippen molar-refractivity contribution in [3.05, 3.63) is 53.6 Å². The highest BCUT2D eigenvalue weighted by molar-refractivity contribution is 5.99. The molecule has 1 saturated heterocycles. The quantitative estimate of drug-likeness (QED) is 0.665. The fraction of sp³-hybridized carbons (Fsp3) is 0.400. The minimum absolute atomic E-state index is 0.0482. The highest BCUT2D eigenvalue weighted by atomic mass is 16.1. The Kier molecular flexibility index (Phi) is 3.81. The average molecular weight is 362 g/mol. The second-order valence-electron chi connectivity index (χ2n) is 7.43. The monoisotopic (exact) mass is 362 g/mol. The summed E-state index contributed by atoms with van der Waals surface area (Å²) >= 11 is 0. The number of carbonyl (C=O) groups excluding carboxylic acids is 1. The van der Waals surface area contributed by atoms with Crippen LogP contribution in [0.2, 0.25) is 0 Å². The van der Waals surface area contributed by atoms with E-state index in [1.165, 1.54) is 0 Å². The average Bonchev–Trinajstić information content (AvgIpc) is 3.32. The molecule has 0 saturated carbocycles. The van der Waals surface area contributed by atoms with Gasteiger partial charge in [0.1, 0.15) is 11.4 Å². The zero-order chi connectivity index (χ0) is 18.4. The number of nitrogens with one attached hydrogen (secondary N) is 1. The van der Waals surface area contributed by atoms with Crippen LogP contribution in [0, 0.1) is 0 Å². The van der Waals surface area contributed by atoms with Crippen molar-refractivity contribution in [3.63, 3.8) is 0 Å². The van der Waals surface area contributed by atoms with Crippen molar-refractivity contribution in [2.75, 3.05) is 11.4 Å². The molecular weight excluding hydrogens is 340 g/mol. The summed E-state index contributed by atoms with van der Waals surface area (Å²) in [6.45, 7) is 2.96. The minimum Gasteiger partial charge on any atom is -0.349 e. The molecule has 1 amide bonds. The summed E-state index contributed by atoms with van der Waals surface area (Å²) in [5.41, 5.74) is 3.30. The van der Waals surface area contributed by atoms with E-state index in [2.05, 4.69) is 33.5 Å². The maximum atomic E-state index is 12.7. The molecule has 7 nitrogen and oxygen atoms in total. The maximum Gasteiger partial charge on any atom is 0.256 e. The number of rotatable bonds is 0. The smallest absolute Gasteiger partial charge is 0.256 e. The fourth-order valence-electron chi connectivity index (χ4n) is 4.09. The van der Waals surface area contributed by atoms with Crippen molar-refractivity contribution >= 4 is 17.4 Å². The number of hydrogen-bond donors (Lipinski definition) is 1. The largest absolute Gasteiger partial charge is 0.349 e. The SMILES string of the molecule is C[C@@H]1CCc2cccc(n2)C2CCCN2c2ccn3ncc(c3n2)C(=O)N1. The summed E-state index contributed by atoms with van der Waals surface area (Å²) in [5.74, 6) is 0.746. The number of carbonyl (C=O) groups is 1. The Balaban J connectivity index is 1.66. The van der Waals surface area contributed by atoms with E-state index in [1.807, 2.05) is 19.2 Å². The third-order valence-corrected chi connectivity index (χ3v) is 5.53. The Morgan fingerprint density at radius 1 is 1.19 bits per heavy atom. The van der Waals surface area contributed by atoms with Gasteiger partial charge in [0, 0.05) is 24.5 Å². The van der Waals surface area contributed by atoms with E-state index in [-0.39, 0.29) is 18.0 Å². The second-order valence-corrected chi connectivity index (χ2v) is 7.43. The summed E-state index contributed by atoms with van der Waals surface area (Å²) in [6, 6.07) is 8.52. The van der Waals surface area contributed by atoms with Gasteiger partial charge in [0.15, 0.2) is 5.65 Å². The van der Waals surface area contributed by atoms with Gasteiger partial charge in [0.2, 0.25) is 0 Å². The highest BCUT2D eigenvalue weighted by Crippen LogP contribution is 2.34. The van der Waals surface area contributed by atoms with Gasteiger partial charge in [-0.25, -0.2) is 9.50 Å². The molecule has 1 unspecified atom stereocenters. The molecule has 2 aliphatic heterocycles. The molecule has 2 atom stereocenters. The van der Waals surface area contributed by atoms with Crippen molar-refractivity contribution in [1.82, 2.24) is 24.9 Å². The third kappa shape index (κ3) is 2.83. The molecule has 0 aliphatic carbocycles. The van der Waals surface area contributed by atoms with E-state index >= 15 is 0 Å². The molecule has 7 heteroatoms. The fourth-order valence-corrected chi connectivity index (χ4v) is 4.09. The molecular formula is C20H22N6O. The molecule has 0 radical (unpaired) electrons. The third-order valence-electron chi connectivity index (χ3n) is 5.53. The van der Waals surface area contributed by atoms with Crippen LogP contribution >= 0.6 is 0 Å². The first kappa shape index (κ1) is 16.2. The van der Waals surface area contributed by atoms with E-state index in [0.717, 1.165) is 49.4 Å². The number of fused-ring (bicyclic) bond motifs is 6. The van der Waals surface area contributed by atoms with Crippen molar-refractivity contribution in [2.45, 2.75) is 44.7 Å². The van der Waals surface area contributed by atoms with Gasteiger partial charge in [-0.05, 0) is 50.8 Å². The Labute approximate surface area is 157 Å². The van der Waals surface area contributed by atoms with Crippen LogP contribution in [0.3, 0.4) is 0 Å². The van der Waals surface area contributed by atoms with Crippen molar-refractivity contribution in [2.24, 2.45) is 0 Å². The van der Waals surface area contributed by atoms with Crippen molar-refractivity contribution < 1.29 is 4.79 Å². The molecule has 27 heavy (non-hydrogen) atoms. The molecule has 3 aromatic heterocycles. The van der Waals surface area contributed by atoms with Crippen LogP contribution in [0.25, 0.3) is 5.65 Å². The van der Waals surface area contributed by atoms with Crippen molar-refractivity contribution in [1.29, 1.82) is 0 Å². The number of hydrogen-bond acceptors (Lipinski definition) is 5. The zero-order valence-electron chi connectivity index (χ0n) is 15.3. The normalized spacial score (nSPS) is 22.6. The van der Waals surface area contributed by atoms with E-state index in [4.69, 9.17) is 9.97 Å². The molecule has 0 spiro atoms. The number of anilines is 1. The molecule has 3 aromatic rings. The summed E-state index contributed by atoms with van der Waals surface area (Å²) in [5, 5.41) is 7.37. The number of pyridine rings is 1. The molecule has 1 fully saturated rings. The number of aryl methyl sites for hydroxylation is 1. The van der Waals surface area contributed by atoms with Gasteiger partial charge in [-0.2, -0.15) is 5.10 Å². The van der Waals surface area contributed by atoms with Gasteiger partial charge in [-0.15, -0.1) is 0 Å². The number of aromatic nitrogens is 4. The van der Waals surface area contributed by atoms with Crippen LogP contribution in [-0.4, -0.2) is 38.1 Å². The minimum atomic E-state index is -0.126. The van der Waals surface area contributed by atoms with Gasteiger partial charge in [0.25, 0.3) is 5.91 Å². The molecule has 5 rings (SSSR count). The van der Waals surface area contributed by atoms with E-state index in [0.29, 0.717) is 11.2 Å². The van der Waals surface area contributed by atoms with Crippen LogP contribution < -0.4 is 10.2 Å². The van der Waals surface area contributed by atoms with Crippen molar-refractivity contribution in [3.8, 4) is 0 Å². The van der Waals surface area contributed by atoms with Gasteiger partial charge in [-0.1, -0.05) is 6.07 Å². The predicted molar refractivity (Wildman–Crippen MR) is 102 cm³/mol. The maximum absolute atomic E-state index is 12.7. The predicted octanol–water partition coefficient (Wildman–Crippen LogP) is 2.53. The lowest BCUT2D eigenvalue weighted by Gasteiger charge is -2.26. The first-order valence-corrected chi connectivity index (χ1v) is 9.57. The Morgan fingerprint density at radius 2 is 2.11 bits per heavy atom. The molecule has 2 aliphatic rings. The second kappa shape index (κ2) is 6.33. The van der Waals surface area contributed by atoms with E-state index < -0.39 is 0 Å². The number of amides is 1.